The maximum Gasteiger partial charge on any atom is 0.262 e. The van der Waals surface area contributed by atoms with Gasteiger partial charge in [-0.2, -0.15) is 0 Å². The lowest BCUT2D eigenvalue weighted by Crippen LogP contribution is -2.20. The maximum atomic E-state index is 12.1. The molecule has 0 fully saturated rings. The van der Waals surface area contributed by atoms with Crippen LogP contribution in [0.2, 0.25) is 10.0 Å². The van der Waals surface area contributed by atoms with Crippen LogP contribution in [0, 0.1) is 0 Å². The molecule has 0 aliphatic heterocycles. The Labute approximate surface area is 166 Å². The van der Waals surface area contributed by atoms with Crippen LogP contribution in [0.1, 0.15) is 11.3 Å². The highest BCUT2D eigenvalue weighted by Crippen LogP contribution is 2.27. The Bertz CT molecular complexity index is 897. The summed E-state index contributed by atoms with van der Waals surface area (Å²) in [6.07, 6.45) is 1.60. The normalized spacial score (nSPS) is 10.6. The van der Waals surface area contributed by atoms with Crippen LogP contribution >= 0.6 is 23.2 Å². The van der Waals surface area contributed by atoms with Crippen molar-refractivity contribution in [2.24, 2.45) is 0 Å². The van der Waals surface area contributed by atoms with Crippen LogP contribution in [0.25, 0.3) is 0 Å². The van der Waals surface area contributed by atoms with Gasteiger partial charge >= 0.3 is 0 Å². The van der Waals surface area contributed by atoms with Crippen LogP contribution in [0.4, 0.5) is 5.69 Å². The minimum absolute atomic E-state index is 0.181. The zero-order valence-electron chi connectivity index (χ0n) is 14.3. The summed E-state index contributed by atoms with van der Waals surface area (Å²) in [5, 5.41) is 3.65. The van der Waals surface area contributed by atoms with E-state index in [1.165, 1.54) is 0 Å². The van der Waals surface area contributed by atoms with Crippen molar-refractivity contribution in [3.05, 3.63) is 82.2 Å². The quantitative estimate of drug-likeness (QED) is 0.550. The molecule has 5 nitrogen and oxygen atoms in total. The van der Waals surface area contributed by atoms with Crippen LogP contribution in [0.15, 0.2) is 65.3 Å². The van der Waals surface area contributed by atoms with Gasteiger partial charge in [0.25, 0.3) is 5.91 Å². The zero-order chi connectivity index (χ0) is 19.1. The average molecular weight is 406 g/mol. The van der Waals surface area contributed by atoms with Crippen molar-refractivity contribution >= 4 is 34.8 Å². The Balaban J connectivity index is 1.49. The number of amides is 1. The van der Waals surface area contributed by atoms with Crippen molar-refractivity contribution in [2.75, 3.05) is 11.9 Å². The summed E-state index contributed by atoms with van der Waals surface area (Å²) in [7, 11) is 0. The van der Waals surface area contributed by atoms with E-state index in [1.807, 2.05) is 30.3 Å². The van der Waals surface area contributed by atoms with Gasteiger partial charge in [0.1, 0.15) is 18.1 Å². The van der Waals surface area contributed by atoms with Crippen molar-refractivity contribution in [3.63, 3.8) is 0 Å². The standard InChI is InChI=1S/C20H17Cl2NO4/c21-15-6-7-18(22)19(10-15)27-13-20(24)23-16-4-1-3-14(9-16)11-25-12-17-5-2-8-26-17/h1-10H,11-13H2,(H,23,24). The van der Waals surface area contributed by atoms with Crippen LogP contribution in [-0.2, 0) is 22.7 Å². The molecule has 0 atom stereocenters. The van der Waals surface area contributed by atoms with Gasteiger partial charge < -0.3 is 19.2 Å². The number of rotatable bonds is 8. The lowest BCUT2D eigenvalue weighted by atomic mass is 10.2. The number of carbonyl (C=O) groups excluding carboxylic acids is 1. The highest BCUT2D eigenvalue weighted by molar-refractivity contribution is 6.34. The topological polar surface area (TPSA) is 60.7 Å². The van der Waals surface area contributed by atoms with Crippen LogP contribution in [-0.4, -0.2) is 12.5 Å². The van der Waals surface area contributed by atoms with Gasteiger partial charge in [0.05, 0.1) is 17.9 Å². The van der Waals surface area contributed by atoms with Crippen molar-refractivity contribution in [2.45, 2.75) is 13.2 Å². The van der Waals surface area contributed by atoms with Gasteiger partial charge in [0.2, 0.25) is 0 Å². The Morgan fingerprint density at radius 1 is 1.04 bits per heavy atom. The van der Waals surface area contributed by atoms with Gasteiger partial charge in [0.15, 0.2) is 6.61 Å². The summed E-state index contributed by atoms with van der Waals surface area (Å²) >= 11 is 11.9. The number of halogens is 2. The fraction of sp³-hybridized carbons (Fsp3) is 0.150. The SMILES string of the molecule is O=C(COc1cc(Cl)ccc1Cl)Nc1cccc(COCc2ccco2)c1. The number of furan rings is 1. The van der Waals surface area contributed by atoms with E-state index in [-0.39, 0.29) is 12.5 Å². The summed E-state index contributed by atoms with van der Waals surface area (Å²) in [4.78, 5) is 12.1. The number of hydrogen-bond acceptors (Lipinski definition) is 4. The van der Waals surface area contributed by atoms with E-state index >= 15 is 0 Å². The lowest BCUT2D eigenvalue weighted by molar-refractivity contribution is -0.118. The Kier molecular flexibility index (Phi) is 6.76. The predicted octanol–water partition coefficient (Wildman–Crippen LogP) is 5.32. The van der Waals surface area contributed by atoms with Crippen molar-refractivity contribution in [3.8, 4) is 5.75 Å². The number of hydrogen-bond donors (Lipinski definition) is 1. The molecule has 0 radical (unpaired) electrons. The smallest absolute Gasteiger partial charge is 0.262 e. The third-order valence-corrected chi connectivity index (χ3v) is 4.10. The Morgan fingerprint density at radius 3 is 2.74 bits per heavy atom. The minimum Gasteiger partial charge on any atom is -0.482 e. The fourth-order valence-electron chi connectivity index (χ4n) is 2.33. The van der Waals surface area contributed by atoms with E-state index in [1.54, 1.807) is 30.5 Å². The number of ether oxygens (including phenoxy) is 2. The summed E-state index contributed by atoms with van der Waals surface area (Å²) < 4.78 is 16.2. The van der Waals surface area contributed by atoms with E-state index in [0.717, 1.165) is 11.3 Å². The molecule has 3 aromatic rings. The first-order valence-electron chi connectivity index (χ1n) is 8.17. The van der Waals surface area contributed by atoms with Gasteiger partial charge in [-0.3, -0.25) is 4.79 Å². The molecular formula is C20H17Cl2NO4. The monoisotopic (exact) mass is 405 g/mol. The first-order valence-corrected chi connectivity index (χ1v) is 8.92. The van der Waals surface area contributed by atoms with Gasteiger partial charge in [-0.25, -0.2) is 0 Å². The lowest BCUT2D eigenvalue weighted by Gasteiger charge is -2.10. The maximum absolute atomic E-state index is 12.1. The molecule has 1 N–H and O–H groups in total. The van der Waals surface area contributed by atoms with Gasteiger partial charge in [0, 0.05) is 16.8 Å². The molecule has 0 saturated heterocycles. The van der Waals surface area contributed by atoms with Gasteiger partial charge in [-0.05, 0) is 42.0 Å². The molecule has 0 unspecified atom stereocenters. The molecule has 27 heavy (non-hydrogen) atoms. The molecule has 0 bridgehead atoms. The second kappa shape index (κ2) is 9.46. The number of carbonyl (C=O) groups is 1. The molecule has 1 amide bonds. The number of nitrogens with one attached hydrogen (secondary N) is 1. The molecular weight excluding hydrogens is 389 g/mol. The second-order valence-corrected chi connectivity index (χ2v) is 6.53. The summed E-state index contributed by atoms with van der Waals surface area (Å²) in [6.45, 7) is 0.607. The van der Waals surface area contributed by atoms with E-state index in [2.05, 4.69) is 5.32 Å². The fourth-order valence-corrected chi connectivity index (χ4v) is 2.67. The first kappa shape index (κ1) is 19.3. The molecule has 0 saturated carbocycles. The molecule has 1 aromatic heterocycles. The summed E-state index contributed by atoms with van der Waals surface area (Å²) in [5.41, 5.74) is 1.58. The molecule has 0 aliphatic carbocycles. The van der Waals surface area contributed by atoms with Gasteiger partial charge in [-0.1, -0.05) is 35.3 Å². The summed E-state index contributed by atoms with van der Waals surface area (Å²) in [6, 6.07) is 15.9. The minimum atomic E-state index is -0.306. The van der Waals surface area contributed by atoms with Gasteiger partial charge in [-0.15, -0.1) is 0 Å². The second-order valence-electron chi connectivity index (χ2n) is 5.68. The Morgan fingerprint density at radius 2 is 1.93 bits per heavy atom. The predicted molar refractivity (Wildman–Crippen MR) is 104 cm³/mol. The average Bonchev–Trinajstić information content (AvgIpc) is 3.16. The summed E-state index contributed by atoms with van der Waals surface area (Å²) in [5.74, 6) is 0.815. The Hall–Kier alpha value is -2.47. The molecule has 3 rings (SSSR count). The zero-order valence-corrected chi connectivity index (χ0v) is 15.8. The molecule has 2 aromatic carbocycles. The molecule has 140 valence electrons. The van der Waals surface area contributed by atoms with Crippen molar-refractivity contribution in [1.29, 1.82) is 0 Å². The van der Waals surface area contributed by atoms with Crippen molar-refractivity contribution < 1.29 is 18.7 Å². The third-order valence-electron chi connectivity index (χ3n) is 3.56. The van der Waals surface area contributed by atoms with Crippen molar-refractivity contribution in [1.82, 2.24) is 0 Å². The highest BCUT2D eigenvalue weighted by atomic mass is 35.5. The van der Waals surface area contributed by atoms with E-state index < -0.39 is 0 Å². The first-order chi connectivity index (χ1) is 13.1. The molecule has 0 aliphatic rings. The van der Waals surface area contributed by atoms with Crippen LogP contribution in [0.3, 0.4) is 0 Å². The molecule has 1 heterocycles. The van der Waals surface area contributed by atoms with Crippen LogP contribution in [0.5, 0.6) is 5.75 Å². The van der Waals surface area contributed by atoms with Crippen LogP contribution < -0.4 is 10.1 Å². The van der Waals surface area contributed by atoms with E-state index in [4.69, 9.17) is 37.1 Å². The molecule has 0 spiro atoms. The number of anilines is 1. The molecule has 7 heteroatoms. The third kappa shape index (κ3) is 6.03. The number of benzene rings is 2. The van der Waals surface area contributed by atoms with E-state index in [9.17, 15) is 4.79 Å². The highest BCUT2D eigenvalue weighted by Gasteiger charge is 2.08. The largest absolute Gasteiger partial charge is 0.482 e. The van der Waals surface area contributed by atoms with E-state index in [0.29, 0.717) is 34.7 Å².